The molecule has 0 aromatic heterocycles. The fourth-order valence-corrected chi connectivity index (χ4v) is 1.53. The Morgan fingerprint density at radius 1 is 1.27 bits per heavy atom. The first kappa shape index (κ1) is 14.0. The average molecular weight is 204 g/mol. The zero-order chi connectivity index (χ0) is 11.7. The van der Waals surface area contributed by atoms with Crippen LogP contribution in [0.1, 0.15) is 47.0 Å². The maximum atomic E-state index is 3.92. The van der Waals surface area contributed by atoms with Crippen LogP contribution >= 0.6 is 0 Å². The molecular formula is C15H24. The molecule has 0 fully saturated rings. The number of rotatable bonds is 6. The van der Waals surface area contributed by atoms with Crippen LogP contribution in [-0.4, -0.2) is 0 Å². The van der Waals surface area contributed by atoms with E-state index in [0.717, 1.165) is 19.3 Å². The molecule has 0 bridgehead atoms. The molecular weight excluding hydrogens is 180 g/mol. The van der Waals surface area contributed by atoms with Gasteiger partial charge in [0.25, 0.3) is 0 Å². The Labute approximate surface area is 95.1 Å². The van der Waals surface area contributed by atoms with Crippen molar-refractivity contribution in [2.45, 2.75) is 47.0 Å². The van der Waals surface area contributed by atoms with Crippen LogP contribution in [0.3, 0.4) is 0 Å². The highest BCUT2D eigenvalue weighted by atomic mass is 14.0. The molecule has 0 atom stereocenters. The predicted molar refractivity (Wildman–Crippen MR) is 71.0 cm³/mol. The van der Waals surface area contributed by atoms with Crippen molar-refractivity contribution in [3.8, 4) is 0 Å². The second kappa shape index (κ2) is 8.28. The van der Waals surface area contributed by atoms with E-state index in [0.29, 0.717) is 0 Å². The molecule has 0 radical (unpaired) electrons. The lowest BCUT2D eigenvalue weighted by molar-refractivity contribution is 0.960. The zero-order valence-corrected chi connectivity index (χ0v) is 10.6. The highest BCUT2D eigenvalue weighted by Crippen LogP contribution is 2.17. The lowest BCUT2D eigenvalue weighted by Crippen LogP contribution is -1.86. The monoisotopic (exact) mass is 204 g/mol. The van der Waals surface area contributed by atoms with Crippen molar-refractivity contribution < 1.29 is 0 Å². The fraction of sp³-hybridized carbons (Fsp3) is 0.467. The van der Waals surface area contributed by atoms with E-state index in [-0.39, 0.29) is 0 Å². The smallest absolute Gasteiger partial charge is 0.0274 e. The Kier molecular flexibility index (Phi) is 7.71. The molecule has 0 heterocycles. The molecule has 0 aliphatic carbocycles. The molecule has 84 valence electrons. The van der Waals surface area contributed by atoms with Crippen LogP contribution in [0, 0.1) is 0 Å². The Balaban J connectivity index is 4.51. The predicted octanol–water partition coefficient (Wildman–Crippen LogP) is 5.20. The van der Waals surface area contributed by atoms with Gasteiger partial charge in [-0.1, -0.05) is 36.8 Å². The van der Waals surface area contributed by atoms with Crippen molar-refractivity contribution in [2.24, 2.45) is 0 Å². The number of hydrogen-bond donors (Lipinski definition) is 0. The largest absolute Gasteiger partial charge is 0.100 e. The molecule has 0 nitrogen and oxygen atoms in total. The summed E-state index contributed by atoms with van der Waals surface area (Å²) in [6, 6.07) is 0. The SMILES string of the molecule is C=C(C)CCC=C(CC)C(C=CC)=CC. The van der Waals surface area contributed by atoms with Crippen LogP contribution in [0.15, 0.2) is 47.6 Å². The second-order valence-corrected chi connectivity index (χ2v) is 3.82. The standard InChI is InChI=1S/C15H24/c1-6-10-14(7-2)15(8-3)12-9-11-13(4)5/h6-7,10,12H,4,8-9,11H2,1-3,5H3. The van der Waals surface area contributed by atoms with Gasteiger partial charge in [-0.05, 0) is 51.2 Å². The third-order valence-corrected chi connectivity index (χ3v) is 2.37. The first-order valence-electron chi connectivity index (χ1n) is 5.78. The van der Waals surface area contributed by atoms with E-state index >= 15 is 0 Å². The summed E-state index contributed by atoms with van der Waals surface area (Å²) in [6.07, 6.45) is 12.1. The summed E-state index contributed by atoms with van der Waals surface area (Å²) in [5, 5.41) is 0. The summed E-state index contributed by atoms with van der Waals surface area (Å²) in [6.45, 7) is 12.4. The molecule has 0 unspecified atom stereocenters. The van der Waals surface area contributed by atoms with Crippen molar-refractivity contribution in [3.05, 3.63) is 47.6 Å². The number of hydrogen-bond acceptors (Lipinski definition) is 0. The minimum Gasteiger partial charge on any atom is -0.100 e. The molecule has 0 aromatic rings. The van der Waals surface area contributed by atoms with E-state index in [9.17, 15) is 0 Å². The van der Waals surface area contributed by atoms with Crippen molar-refractivity contribution in [1.29, 1.82) is 0 Å². The molecule has 0 spiro atoms. The van der Waals surface area contributed by atoms with Crippen molar-refractivity contribution in [3.63, 3.8) is 0 Å². The maximum absolute atomic E-state index is 3.92. The maximum Gasteiger partial charge on any atom is -0.0274 e. The van der Waals surface area contributed by atoms with Crippen LogP contribution in [0.2, 0.25) is 0 Å². The average Bonchev–Trinajstić information content (AvgIpc) is 2.21. The van der Waals surface area contributed by atoms with Gasteiger partial charge in [-0.2, -0.15) is 0 Å². The van der Waals surface area contributed by atoms with Gasteiger partial charge in [-0.3, -0.25) is 0 Å². The summed E-state index contributed by atoms with van der Waals surface area (Å²) in [7, 11) is 0. The summed E-state index contributed by atoms with van der Waals surface area (Å²) in [4.78, 5) is 0. The minimum atomic E-state index is 1.09. The molecule has 0 aliphatic rings. The Morgan fingerprint density at radius 2 is 1.93 bits per heavy atom. The molecule has 0 saturated heterocycles. The zero-order valence-electron chi connectivity index (χ0n) is 10.6. The van der Waals surface area contributed by atoms with Gasteiger partial charge in [0.15, 0.2) is 0 Å². The van der Waals surface area contributed by atoms with Gasteiger partial charge in [-0.15, -0.1) is 6.58 Å². The summed E-state index contributed by atoms with van der Waals surface area (Å²) >= 11 is 0. The molecule has 15 heavy (non-hydrogen) atoms. The highest BCUT2D eigenvalue weighted by Gasteiger charge is 1.97. The summed E-state index contributed by atoms with van der Waals surface area (Å²) in [5.74, 6) is 0. The topological polar surface area (TPSA) is 0 Å². The molecule has 0 heteroatoms. The fourth-order valence-electron chi connectivity index (χ4n) is 1.53. The summed E-state index contributed by atoms with van der Waals surface area (Å²) in [5.41, 5.74) is 4.05. The van der Waals surface area contributed by atoms with Crippen LogP contribution in [0.5, 0.6) is 0 Å². The van der Waals surface area contributed by atoms with Gasteiger partial charge in [0.1, 0.15) is 0 Å². The highest BCUT2D eigenvalue weighted by molar-refractivity contribution is 5.38. The lowest BCUT2D eigenvalue weighted by atomic mass is 10.0. The van der Waals surface area contributed by atoms with E-state index in [1.165, 1.54) is 16.7 Å². The molecule has 0 rings (SSSR count). The third-order valence-electron chi connectivity index (χ3n) is 2.37. The van der Waals surface area contributed by atoms with Gasteiger partial charge in [0.2, 0.25) is 0 Å². The molecule has 0 aromatic carbocycles. The van der Waals surface area contributed by atoms with Gasteiger partial charge in [-0.25, -0.2) is 0 Å². The van der Waals surface area contributed by atoms with E-state index in [1.807, 2.05) is 0 Å². The summed E-state index contributed by atoms with van der Waals surface area (Å²) < 4.78 is 0. The molecule has 0 N–H and O–H groups in total. The van der Waals surface area contributed by atoms with Crippen LogP contribution < -0.4 is 0 Å². The van der Waals surface area contributed by atoms with Crippen LogP contribution in [0.4, 0.5) is 0 Å². The van der Waals surface area contributed by atoms with Crippen LogP contribution in [-0.2, 0) is 0 Å². The first-order chi connectivity index (χ1) is 7.15. The minimum absolute atomic E-state index is 1.09. The molecule has 0 amide bonds. The van der Waals surface area contributed by atoms with Crippen molar-refractivity contribution >= 4 is 0 Å². The van der Waals surface area contributed by atoms with E-state index in [2.05, 4.69) is 58.6 Å². The van der Waals surface area contributed by atoms with Gasteiger partial charge in [0, 0.05) is 0 Å². The normalized spacial score (nSPS) is 13.6. The van der Waals surface area contributed by atoms with Crippen molar-refractivity contribution in [1.82, 2.24) is 0 Å². The Bertz CT molecular complexity index is 274. The van der Waals surface area contributed by atoms with E-state index in [1.54, 1.807) is 0 Å². The second-order valence-electron chi connectivity index (χ2n) is 3.82. The van der Waals surface area contributed by atoms with Gasteiger partial charge >= 0.3 is 0 Å². The van der Waals surface area contributed by atoms with Crippen LogP contribution in [0.25, 0.3) is 0 Å². The van der Waals surface area contributed by atoms with Gasteiger partial charge < -0.3 is 0 Å². The van der Waals surface area contributed by atoms with Crippen molar-refractivity contribution in [2.75, 3.05) is 0 Å². The molecule has 0 saturated carbocycles. The lowest BCUT2D eigenvalue weighted by Gasteiger charge is -2.06. The third kappa shape index (κ3) is 6.11. The van der Waals surface area contributed by atoms with E-state index < -0.39 is 0 Å². The quantitative estimate of drug-likeness (QED) is 0.412. The number of allylic oxidation sites excluding steroid dienone is 7. The Hall–Kier alpha value is -1.04. The first-order valence-corrected chi connectivity index (χ1v) is 5.78. The van der Waals surface area contributed by atoms with Gasteiger partial charge in [0.05, 0.1) is 0 Å². The van der Waals surface area contributed by atoms with E-state index in [4.69, 9.17) is 0 Å². The Morgan fingerprint density at radius 3 is 2.33 bits per heavy atom. The molecule has 0 aliphatic heterocycles.